The molecule has 0 aliphatic rings. The maximum atomic E-state index is 11.2. The van der Waals surface area contributed by atoms with Crippen LogP contribution < -0.4 is 0 Å². The molecule has 0 aromatic carbocycles. The highest BCUT2D eigenvalue weighted by molar-refractivity contribution is 7.20. The van der Waals surface area contributed by atoms with Crippen LogP contribution >= 0.6 is 22.7 Å². The Balaban J connectivity index is 2.50. The van der Waals surface area contributed by atoms with Crippen molar-refractivity contribution in [3.05, 3.63) is 34.5 Å². The summed E-state index contributed by atoms with van der Waals surface area (Å²) in [5.41, 5.74) is 0.507. The number of Topliss-reactive ketones (excluding diaryl/α,β-unsaturated/α-hetero) is 1. The Morgan fingerprint density at radius 2 is 2.07 bits per heavy atom. The quantitative estimate of drug-likeness (QED) is 0.454. The summed E-state index contributed by atoms with van der Waals surface area (Å²) >= 11 is 3.05. The Morgan fingerprint density at radius 3 is 2.71 bits per heavy atom. The summed E-state index contributed by atoms with van der Waals surface area (Å²) in [6, 6.07) is 5.56. The minimum Gasteiger partial charge on any atom is -0.294 e. The number of rotatable bonds is 3. The van der Waals surface area contributed by atoms with E-state index in [2.05, 4.69) is 0 Å². The first-order chi connectivity index (χ1) is 6.83. The van der Waals surface area contributed by atoms with E-state index in [1.165, 1.54) is 11.3 Å². The van der Waals surface area contributed by atoms with E-state index in [-0.39, 0.29) is 0 Å². The molecule has 2 aromatic rings. The highest BCUT2D eigenvalue weighted by Crippen LogP contribution is 2.32. The van der Waals surface area contributed by atoms with E-state index in [9.17, 15) is 9.59 Å². The molecule has 0 fully saturated rings. The molecule has 0 aliphatic carbocycles. The van der Waals surface area contributed by atoms with Crippen LogP contribution in [0, 0.1) is 0 Å². The van der Waals surface area contributed by atoms with Crippen molar-refractivity contribution in [2.75, 3.05) is 0 Å². The van der Waals surface area contributed by atoms with Crippen LogP contribution in [0.2, 0.25) is 0 Å². The first kappa shape index (κ1) is 9.30. The van der Waals surface area contributed by atoms with E-state index < -0.39 is 5.78 Å². The van der Waals surface area contributed by atoms with E-state index in [1.54, 1.807) is 17.4 Å². The number of thiophene rings is 2. The lowest BCUT2D eigenvalue weighted by Gasteiger charge is -1.94. The molecule has 2 rings (SSSR count). The van der Waals surface area contributed by atoms with Crippen molar-refractivity contribution in [1.82, 2.24) is 0 Å². The zero-order chi connectivity index (χ0) is 9.97. The Morgan fingerprint density at radius 1 is 1.21 bits per heavy atom. The normalized spacial score (nSPS) is 10.0. The number of aldehydes is 1. The number of hydrogen-bond donors (Lipinski definition) is 0. The van der Waals surface area contributed by atoms with Gasteiger partial charge in [0.2, 0.25) is 5.78 Å². The summed E-state index contributed by atoms with van der Waals surface area (Å²) < 4.78 is 0. The first-order valence-electron chi connectivity index (χ1n) is 3.94. The van der Waals surface area contributed by atoms with Crippen LogP contribution in [-0.2, 0) is 4.79 Å². The van der Waals surface area contributed by atoms with Crippen LogP contribution in [0.1, 0.15) is 10.4 Å². The van der Waals surface area contributed by atoms with E-state index >= 15 is 0 Å². The molecule has 2 nitrogen and oxygen atoms in total. The van der Waals surface area contributed by atoms with E-state index in [4.69, 9.17) is 0 Å². The lowest BCUT2D eigenvalue weighted by molar-refractivity contribution is -0.104. The van der Waals surface area contributed by atoms with Gasteiger partial charge in [0.15, 0.2) is 6.29 Å². The predicted octanol–water partition coefficient (Wildman–Crippen LogP) is 2.86. The van der Waals surface area contributed by atoms with Crippen molar-refractivity contribution in [1.29, 1.82) is 0 Å². The van der Waals surface area contributed by atoms with Gasteiger partial charge in [0.1, 0.15) is 0 Å². The molecule has 2 heterocycles. The summed E-state index contributed by atoms with van der Waals surface area (Å²) in [5.74, 6) is -0.449. The Labute approximate surface area is 88.8 Å². The second kappa shape index (κ2) is 3.86. The van der Waals surface area contributed by atoms with Gasteiger partial charge in [-0.15, -0.1) is 22.7 Å². The molecule has 4 heteroatoms. The van der Waals surface area contributed by atoms with Crippen molar-refractivity contribution < 1.29 is 9.59 Å². The summed E-state index contributed by atoms with van der Waals surface area (Å²) in [5, 5.41) is 3.77. The number of hydrogen-bond acceptors (Lipinski definition) is 4. The standard InChI is InChI=1S/C10H6O2S2/c11-6-8(12)7-3-5-14-10(7)9-2-1-4-13-9/h1-6H. The molecule has 0 amide bonds. The summed E-state index contributed by atoms with van der Waals surface area (Å²) in [6.07, 6.45) is 0.360. The van der Waals surface area contributed by atoms with Gasteiger partial charge in [-0.3, -0.25) is 9.59 Å². The molecule has 2 aromatic heterocycles. The zero-order valence-corrected chi connectivity index (χ0v) is 8.73. The fourth-order valence-electron chi connectivity index (χ4n) is 1.17. The molecule has 70 valence electrons. The van der Waals surface area contributed by atoms with Crippen LogP contribution in [0.4, 0.5) is 0 Å². The molecule has 0 saturated carbocycles. The van der Waals surface area contributed by atoms with Gasteiger partial charge in [-0.25, -0.2) is 0 Å². The van der Waals surface area contributed by atoms with Crippen LogP contribution in [0.3, 0.4) is 0 Å². The highest BCUT2D eigenvalue weighted by Gasteiger charge is 2.13. The summed E-state index contributed by atoms with van der Waals surface area (Å²) in [4.78, 5) is 23.5. The number of carbonyl (C=O) groups is 2. The fraction of sp³-hybridized carbons (Fsp3) is 0. The van der Waals surface area contributed by atoms with E-state index in [1.807, 2.05) is 22.9 Å². The smallest absolute Gasteiger partial charge is 0.226 e. The summed E-state index contributed by atoms with van der Waals surface area (Å²) in [6.45, 7) is 0. The van der Waals surface area contributed by atoms with Gasteiger partial charge in [0, 0.05) is 10.4 Å². The largest absolute Gasteiger partial charge is 0.294 e. The molecule has 0 N–H and O–H groups in total. The molecule has 0 atom stereocenters. The second-order valence-corrected chi connectivity index (χ2v) is 4.49. The molecule has 0 radical (unpaired) electrons. The monoisotopic (exact) mass is 222 g/mol. The lowest BCUT2D eigenvalue weighted by Crippen LogP contribution is -1.98. The third-order valence-corrected chi connectivity index (χ3v) is 3.75. The first-order valence-corrected chi connectivity index (χ1v) is 5.69. The van der Waals surface area contributed by atoms with Gasteiger partial charge in [-0.1, -0.05) is 6.07 Å². The van der Waals surface area contributed by atoms with Gasteiger partial charge in [-0.05, 0) is 22.9 Å². The van der Waals surface area contributed by atoms with Gasteiger partial charge in [-0.2, -0.15) is 0 Å². The Hall–Kier alpha value is -1.26. The van der Waals surface area contributed by atoms with Gasteiger partial charge < -0.3 is 0 Å². The predicted molar refractivity (Wildman–Crippen MR) is 58.0 cm³/mol. The maximum absolute atomic E-state index is 11.2. The van der Waals surface area contributed by atoms with E-state index in [0.717, 1.165) is 9.75 Å². The third kappa shape index (κ3) is 1.54. The third-order valence-electron chi connectivity index (χ3n) is 1.78. The fourth-order valence-corrected chi connectivity index (χ4v) is 2.95. The molecular formula is C10H6O2S2. The van der Waals surface area contributed by atoms with Gasteiger partial charge >= 0.3 is 0 Å². The van der Waals surface area contributed by atoms with Crippen molar-refractivity contribution >= 4 is 34.7 Å². The molecule has 0 saturated heterocycles. The second-order valence-electron chi connectivity index (χ2n) is 2.62. The Kier molecular flexibility index (Phi) is 2.56. The van der Waals surface area contributed by atoms with Crippen molar-refractivity contribution in [2.24, 2.45) is 0 Å². The van der Waals surface area contributed by atoms with Gasteiger partial charge in [0.25, 0.3) is 0 Å². The SMILES string of the molecule is O=CC(=O)c1ccsc1-c1cccs1. The molecule has 0 aliphatic heterocycles. The number of carbonyl (C=O) groups excluding carboxylic acids is 2. The van der Waals surface area contributed by atoms with Crippen LogP contribution in [-0.4, -0.2) is 12.1 Å². The molecule has 0 bridgehead atoms. The zero-order valence-electron chi connectivity index (χ0n) is 7.10. The van der Waals surface area contributed by atoms with Crippen LogP contribution in [0.15, 0.2) is 29.0 Å². The number of ketones is 1. The topological polar surface area (TPSA) is 34.1 Å². The van der Waals surface area contributed by atoms with Crippen LogP contribution in [0.25, 0.3) is 9.75 Å². The maximum Gasteiger partial charge on any atom is 0.226 e. The lowest BCUT2D eigenvalue weighted by atomic mass is 10.1. The van der Waals surface area contributed by atoms with Crippen molar-refractivity contribution in [3.63, 3.8) is 0 Å². The van der Waals surface area contributed by atoms with Gasteiger partial charge in [0.05, 0.1) is 4.88 Å². The van der Waals surface area contributed by atoms with Crippen molar-refractivity contribution in [2.45, 2.75) is 0 Å². The highest BCUT2D eigenvalue weighted by atomic mass is 32.1. The molecule has 14 heavy (non-hydrogen) atoms. The van der Waals surface area contributed by atoms with Crippen LogP contribution in [0.5, 0.6) is 0 Å². The average molecular weight is 222 g/mol. The molecule has 0 spiro atoms. The van der Waals surface area contributed by atoms with Crippen molar-refractivity contribution in [3.8, 4) is 9.75 Å². The minimum absolute atomic E-state index is 0.360. The minimum atomic E-state index is -0.449. The van der Waals surface area contributed by atoms with E-state index in [0.29, 0.717) is 11.8 Å². The average Bonchev–Trinajstić information content (AvgIpc) is 2.85. The molecular weight excluding hydrogens is 216 g/mol. The summed E-state index contributed by atoms with van der Waals surface area (Å²) in [7, 11) is 0. The Bertz CT molecular complexity index is 454. The molecule has 0 unspecified atom stereocenters.